The fourth-order valence-corrected chi connectivity index (χ4v) is 0.699. The van der Waals surface area contributed by atoms with Crippen LogP contribution in [-0.4, -0.2) is 24.4 Å². The third kappa shape index (κ3) is 1.94. The van der Waals surface area contributed by atoms with Crippen LogP contribution in [0.1, 0.15) is 0 Å². The summed E-state index contributed by atoms with van der Waals surface area (Å²) in [5.74, 6) is 0. The smallest absolute Gasteiger partial charge is 0.319 e. The van der Waals surface area contributed by atoms with Gasteiger partial charge in [-0.3, -0.25) is 0 Å². The quantitative estimate of drug-likeness (QED) is 0.432. The minimum Gasteiger partial charge on any atom is -0.319 e. The second kappa shape index (κ2) is 2.76. The Balaban J connectivity index is 2.54. The van der Waals surface area contributed by atoms with Crippen molar-refractivity contribution in [2.45, 2.75) is 24.4 Å². The second-order valence-electron chi connectivity index (χ2n) is 1.85. The van der Waals surface area contributed by atoms with E-state index in [0.29, 0.717) is 0 Å². The average molecular weight is 195 g/mol. The SMILES string of the molecule is FC1OC(C(F)(F)F)OC1Cl. The normalized spacial score (nSPS) is 39.5. The molecule has 3 atom stereocenters. The molecule has 0 aromatic rings. The summed E-state index contributed by atoms with van der Waals surface area (Å²) in [6.45, 7) is 0. The maximum absolute atomic E-state index is 12.1. The highest BCUT2D eigenvalue weighted by Gasteiger charge is 2.51. The minimum absolute atomic E-state index is 1.68. The van der Waals surface area contributed by atoms with Crippen LogP contribution in [0.5, 0.6) is 0 Å². The summed E-state index contributed by atoms with van der Waals surface area (Å²) in [6, 6.07) is 0. The van der Waals surface area contributed by atoms with E-state index in [-0.39, 0.29) is 0 Å². The van der Waals surface area contributed by atoms with Crippen LogP contribution >= 0.6 is 11.6 Å². The summed E-state index contributed by atoms with van der Waals surface area (Å²) in [5.41, 5.74) is -1.68. The molecule has 1 aliphatic rings. The molecule has 66 valence electrons. The van der Waals surface area contributed by atoms with Gasteiger partial charge in [-0.25, -0.2) is 4.39 Å². The Labute approximate surface area is 64.0 Å². The van der Waals surface area contributed by atoms with Gasteiger partial charge in [-0.15, -0.1) is 0 Å². The molecule has 0 spiro atoms. The van der Waals surface area contributed by atoms with Crippen molar-refractivity contribution < 1.29 is 27.0 Å². The number of rotatable bonds is 0. The van der Waals surface area contributed by atoms with Gasteiger partial charge in [0, 0.05) is 0 Å². The lowest BCUT2D eigenvalue weighted by molar-refractivity contribution is -0.282. The van der Waals surface area contributed by atoms with Gasteiger partial charge in [-0.05, 0) is 0 Å². The van der Waals surface area contributed by atoms with E-state index in [9.17, 15) is 17.6 Å². The van der Waals surface area contributed by atoms with Crippen LogP contribution in [-0.2, 0) is 9.47 Å². The van der Waals surface area contributed by atoms with Gasteiger partial charge in [-0.1, -0.05) is 11.6 Å². The lowest BCUT2D eigenvalue weighted by Gasteiger charge is -2.11. The van der Waals surface area contributed by atoms with E-state index in [4.69, 9.17) is 11.6 Å². The fourth-order valence-electron chi connectivity index (χ4n) is 0.546. The van der Waals surface area contributed by atoms with Crippen LogP contribution in [0.4, 0.5) is 17.6 Å². The number of alkyl halides is 5. The van der Waals surface area contributed by atoms with Gasteiger partial charge >= 0.3 is 6.18 Å². The first-order valence-electron chi connectivity index (χ1n) is 2.57. The number of hydrogen-bond acceptors (Lipinski definition) is 2. The van der Waals surface area contributed by atoms with E-state index in [0.717, 1.165) is 0 Å². The summed E-state index contributed by atoms with van der Waals surface area (Å²) in [7, 11) is 0. The van der Waals surface area contributed by atoms with E-state index in [1.165, 1.54) is 0 Å². The molecule has 7 heteroatoms. The average Bonchev–Trinajstić information content (AvgIpc) is 2.11. The molecule has 1 fully saturated rings. The van der Waals surface area contributed by atoms with Gasteiger partial charge in [-0.2, -0.15) is 13.2 Å². The molecule has 0 aromatic heterocycles. The van der Waals surface area contributed by atoms with Crippen LogP contribution in [0.25, 0.3) is 0 Å². The van der Waals surface area contributed by atoms with Crippen molar-refractivity contribution in [1.82, 2.24) is 0 Å². The first-order chi connectivity index (χ1) is 4.91. The topological polar surface area (TPSA) is 18.5 Å². The highest BCUT2D eigenvalue weighted by molar-refractivity contribution is 6.20. The third-order valence-electron chi connectivity index (χ3n) is 0.981. The van der Waals surface area contributed by atoms with Crippen molar-refractivity contribution in [3.8, 4) is 0 Å². The number of halogens is 5. The molecule has 1 saturated heterocycles. The first-order valence-corrected chi connectivity index (χ1v) is 3.00. The highest BCUT2D eigenvalue weighted by atomic mass is 35.5. The molecule has 11 heavy (non-hydrogen) atoms. The molecule has 0 N–H and O–H groups in total. The Kier molecular flexibility index (Phi) is 2.27. The summed E-state index contributed by atoms with van der Waals surface area (Å²) in [5, 5.41) is 0. The van der Waals surface area contributed by atoms with Crippen LogP contribution in [0.15, 0.2) is 0 Å². The molecule has 0 aliphatic carbocycles. The Morgan fingerprint density at radius 2 is 1.73 bits per heavy atom. The highest BCUT2D eigenvalue weighted by Crippen LogP contribution is 2.33. The largest absolute Gasteiger partial charge is 0.440 e. The van der Waals surface area contributed by atoms with Crippen LogP contribution in [0, 0.1) is 0 Å². The van der Waals surface area contributed by atoms with Crippen molar-refractivity contribution in [3.63, 3.8) is 0 Å². The molecule has 0 bridgehead atoms. The zero-order chi connectivity index (χ0) is 8.65. The lowest BCUT2D eigenvalue weighted by atomic mass is 10.6. The van der Waals surface area contributed by atoms with Crippen molar-refractivity contribution in [2.24, 2.45) is 0 Å². The molecular weight excluding hydrogens is 191 g/mol. The molecule has 1 heterocycles. The standard InChI is InChI=1S/C4H3ClF4O2/c5-1-2(6)11-3(10-1)4(7,8)9/h1-3H. The van der Waals surface area contributed by atoms with E-state index in [2.05, 4.69) is 9.47 Å². The summed E-state index contributed by atoms with van der Waals surface area (Å²) in [6.07, 6.45) is -9.49. The number of hydrogen-bond donors (Lipinski definition) is 0. The van der Waals surface area contributed by atoms with Crippen molar-refractivity contribution in [1.29, 1.82) is 0 Å². The monoisotopic (exact) mass is 194 g/mol. The van der Waals surface area contributed by atoms with Crippen LogP contribution in [0.2, 0.25) is 0 Å². The second-order valence-corrected chi connectivity index (χ2v) is 2.28. The molecule has 0 aromatic carbocycles. The Bertz CT molecular complexity index is 140. The van der Waals surface area contributed by atoms with E-state index < -0.39 is 24.4 Å². The maximum atomic E-state index is 12.1. The molecule has 3 unspecified atom stereocenters. The molecule has 2 nitrogen and oxygen atoms in total. The van der Waals surface area contributed by atoms with Gasteiger partial charge < -0.3 is 9.47 Å². The third-order valence-corrected chi connectivity index (χ3v) is 1.28. The Morgan fingerprint density at radius 1 is 1.18 bits per heavy atom. The maximum Gasteiger partial charge on any atom is 0.440 e. The molecule has 0 amide bonds. The van der Waals surface area contributed by atoms with Gasteiger partial charge in [0.15, 0.2) is 5.56 Å². The lowest BCUT2D eigenvalue weighted by Crippen LogP contribution is -2.29. The summed E-state index contributed by atoms with van der Waals surface area (Å²) in [4.78, 5) is 0. The molecule has 0 radical (unpaired) electrons. The van der Waals surface area contributed by atoms with Gasteiger partial charge in [0.25, 0.3) is 6.29 Å². The molecule has 0 saturated carbocycles. The Hall–Kier alpha value is -0.0700. The van der Waals surface area contributed by atoms with Crippen LogP contribution < -0.4 is 0 Å². The fraction of sp³-hybridized carbons (Fsp3) is 1.00. The molecule has 1 aliphatic heterocycles. The predicted octanol–water partition coefficient (Wildman–Crippen LogP) is 1.78. The van der Waals surface area contributed by atoms with Crippen molar-refractivity contribution in [2.75, 3.05) is 0 Å². The number of ether oxygens (including phenoxy) is 2. The zero-order valence-electron chi connectivity index (χ0n) is 4.94. The van der Waals surface area contributed by atoms with Crippen molar-refractivity contribution >= 4 is 11.6 Å². The Morgan fingerprint density at radius 3 is 1.91 bits per heavy atom. The molecular formula is C4H3ClF4O2. The van der Waals surface area contributed by atoms with Gasteiger partial charge in [0.2, 0.25) is 6.36 Å². The van der Waals surface area contributed by atoms with E-state index >= 15 is 0 Å². The van der Waals surface area contributed by atoms with Gasteiger partial charge in [0.05, 0.1) is 0 Å². The molecule has 1 rings (SSSR count). The summed E-state index contributed by atoms with van der Waals surface area (Å²) < 4.78 is 54.6. The van der Waals surface area contributed by atoms with Crippen LogP contribution in [0.3, 0.4) is 0 Å². The van der Waals surface area contributed by atoms with Crippen molar-refractivity contribution in [3.05, 3.63) is 0 Å². The van der Waals surface area contributed by atoms with Gasteiger partial charge in [0.1, 0.15) is 0 Å². The first kappa shape index (κ1) is 9.02. The summed E-state index contributed by atoms with van der Waals surface area (Å²) >= 11 is 4.94. The zero-order valence-corrected chi connectivity index (χ0v) is 5.69. The minimum atomic E-state index is -4.73. The van der Waals surface area contributed by atoms with E-state index in [1.54, 1.807) is 0 Å². The predicted molar refractivity (Wildman–Crippen MR) is 26.6 cm³/mol. The van der Waals surface area contributed by atoms with E-state index in [1.807, 2.05) is 0 Å².